The van der Waals surface area contributed by atoms with Gasteiger partial charge in [-0.25, -0.2) is 17.5 Å². The number of carbonyl (C=O) groups is 1. The molecule has 0 radical (unpaired) electrons. The first-order valence-corrected chi connectivity index (χ1v) is 14.3. The first kappa shape index (κ1) is 28.3. The van der Waals surface area contributed by atoms with Crippen LogP contribution in [0, 0.1) is 11.7 Å². The lowest BCUT2D eigenvalue weighted by molar-refractivity contribution is 0.0930. The third kappa shape index (κ3) is 9.63. The van der Waals surface area contributed by atoms with E-state index in [1.807, 2.05) is 48.5 Å². The van der Waals surface area contributed by atoms with Crippen LogP contribution in [0.25, 0.3) is 0 Å². The van der Waals surface area contributed by atoms with E-state index in [9.17, 15) is 17.6 Å². The third-order valence-electron chi connectivity index (χ3n) is 5.84. The second-order valence-corrected chi connectivity index (χ2v) is 11.4. The molecule has 0 aliphatic rings. The van der Waals surface area contributed by atoms with E-state index in [1.165, 1.54) is 12.1 Å². The highest BCUT2D eigenvalue weighted by atomic mass is 32.2. The van der Waals surface area contributed by atoms with E-state index in [-0.39, 0.29) is 24.3 Å². The topological polar surface area (TPSA) is 84.5 Å². The van der Waals surface area contributed by atoms with Crippen LogP contribution in [0.4, 0.5) is 4.39 Å². The van der Waals surface area contributed by atoms with Crippen LogP contribution in [-0.2, 0) is 23.1 Å². The van der Waals surface area contributed by atoms with E-state index in [0.717, 1.165) is 28.7 Å². The normalized spacial score (nSPS) is 12.4. The summed E-state index contributed by atoms with van der Waals surface area (Å²) in [6.07, 6.45) is 2.89. The minimum atomic E-state index is -3.28. The molecule has 2 N–H and O–H groups in total. The van der Waals surface area contributed by atoms with Crippen LogP contribution in [0.2, 0.25) is 0 Å². The Morgan fingerprint density at radius 3 is 2.35 bits per heavy atom. The first-order valence-electron chi connectivity index (χ1n) is 12.4. The number of hydrogen-bond acceptors (Lipinski definition) is 4. The summed E-state index contributed by atoms with van der Waals surface area (Å²) < 4.78 is 44.7. The van der Waals surface area contributed by atoms with Gasteiger partial charge in [0.05, 0.1) is 12.3 Å². The lowest BCUT2D eigenvalue weighted by Crippen LogP contribution is -2.30. The molecule has 1 amide bonds. The van der Waals surface area contributed by atoms with Crippen molar-refractivity contribution in [1.29, 1.82) is 0 Å². The molecule has 0 saturated heterocycles. The Kier molecular flexibility index (Phi) is 10.2. The zero-order chi connectivity index (χ0) is 26.8. The van der Waals surface area contributed by atoms with Crippen molar-refractivity contribution in [2.45, 2.75) is 45.8 Å². The second-order valence-electron chi connectivity index (χ2n) is 9.57. The number of halogens is 1. The second kappa shape index (κ2) is 13.4. The zero-order valence-electron chi connectivity index (χ0n) is 21.5. The zero-order valence-corrected chi connectivity index (χ0v) is 22.4. The lowest BCUT2D eigenvalue weighted by atomic mass is 9.95. The molecule has 6 nitrogen and oxygen atoms in total. The van der Waals surface area contributed by atoms with Gasteiger partial charge >= 0.3 is 0 Å². The Balaban J connectivity index is 1.82. The van der Waals surface area contributed by atoms with Gasteiger partial charge in [-0.1, -0.05) is 56.3 Å². The van der Waals surface area contributed by atoms with Crippen LogP contribution >= 0.6 is 0 Å². The molecule has 3 rings (SSSR count). The van der Waals surface area contributed by atoms with E-state index in [0.29, 0.717) is 37.4 Å². The number of hydrogen-bond donors (Lipinski definition) is 2. The number of nitrogens with one attached hydrogen (secondary N) is 2. The number of para-hydroxylation sites is 1. The maximum atomic E-state index is 13.6. The van der Waals surface area contributed by atoms with Crippen molar-refractivity contribution in [3.05, 3.63) is 101 Å². The van der Waals surface area contributed by atoms with E-state index in [1.54, 1.807) is 12.1 Å². The monoisotopic (exact) mass is 526 g/mol. The summed E-state index contributed by atoms with van der Waals surface area (Å²) in [4.78, 5) is 13.6. The van der Waals surface area contributed by atoms with Gasteiger partial charge in [-0.05, 0) is 72.2 Å². The van der Waals surface area contributed by atoms with Crippen molar-refractivity contribution in [2.75, 3.05) is 12.8 Å². The van der Waals surface area contributed by atoms with Crippen LogP contribution in [-0.4, -0.2) is 27.1 Å². The molecule has 0 heterocycles. The maximum absolute atomic E-state index is 13.6. The predicted octanol–water partition coefficient (Wildman–Crippen LogP) is 5.40. The van der Waals surface area contributed by atoms with Gasteiger partial charge in [-0.15, -0.1) is 0 Å². The van der Waals surface area contributed by atoms with Gasteiger partial charge in [-0.2, -0.15) is 0 Å². The van der Waals surface area contributed by atoms with Crippen molar-refractivity contribution >= 4 is 15.9 Å². The van der Waals surface area contributed by atoms with Crippen LogP contribution in [0.3, 0.4) is 0 Å². The highest BCUT2D eigenvalue weighted by Crippen LogP contribution is 2.24. The molecular weight excluding hydrogens is 491 g/mol. The van der Waals surface area contributed by atoms with Crippen molar-refractivity contribution in [3.8, 4) is 5.75 Å². The molecule has 8 heteroatoms. The van der Waals surface area contributed by atoms with E-state index < -0.39 is 10.0 Å². The molecule has 0 aliphatic heterocycles. The van der Waals surface area contributed by atoms with Crippen LogP contribution in [0.1, 0.15) is 59.8 Å². The Bertz CT molecular complexity index is 1260. The fourth-order valence-corrected chi connectivity index (χ4v) is 4.56. The fourth-order valence-electron chi connectivity index (χ4n) is 4.04. The molecule has 0 saturated carbocycles. The molecule has 3 aromatic carbocycles. The molecule has 0 bridgehead atoms. The number of rotatable bonds is 13. The van der Waals surface area contributed by atoms with Crippen molar-refractivity contribution in [1.82, 2.24) is 10.0 Å². The third-order valence-corrected chi connectivity index (χ3v) is 6.57. The number of amides is 1. The molecule has 0 aromatic heterocycles. The van der Waals surface area contributed by atoms with Crippen molar-refractivity contribution in [3.63, 3.8) is 0 Å². The molecule has 1 atom stereocenters. The standard InChI is InChI=1S/C29H35FN2O4S/c1-21(2)18-28(24-13-15-25(30)16-14-24)32-29(33)27-19-22(20-36-26-9-5-4-6-10-26)11-12-23(27)8-7-17-31-37(3,34)35/h4-6,9-16,19,21,28,31H,7-8,17-18,20H2,1-3H3,(H,32,33). The molecule has 198 valence electrons. The Labute approximate surface area is 219 Å². The predicted molar refractivity (Wildman–Crippen MR) is 144 cm³/mol. The number of carbonyl (C=O) groups excluding carboxylic acids is 1. The minimum absolute atomic E-state index is 0.234. The first-order chi connectivity index (χ1) is 17.6. The summed E-state index contributed by atoms with van der Waals surface area (Å²) in [5.41, 5.74) is 3.02. The van der Waals surface area contributed by atoms with Gasteiger partial charge in [0.15, 0.2) is 0 Å². The molecule has 1 unspecified atom stereocenters. The summed E-state index contributed by atoms with van der Waals surface area (Å²) in [6, 6.07) is 21.0. The van der Waals surface area contributed by atoms with E-state index in [4.69, 9.17) is 4.74 Å². The summed E-state index contributed by atoms with van der Waals surface area (Å²) in [5, 5.41) is 3.14. The number of sulfonamides is 1. The van der Waals surface area contributed by atoms with Crippen molar-refractivity contribution in [2.24, 2.45) is 5.92 Å². The molecule has 3 aromatic rings. The number of benzene rings is 3. The van der Waals surface area contributed by atoms with Gasteiger partial charge in [-0.3, -0.25) is 4.79 Å². The van der Waals surface area contributed by atoms with Crippen LogP contribution in [0.15, 0.2) is 72.8 Å². The maximum Gasteiger partial charge on any atom is 0.252 e. The average molecular weight is 527 g/mol. The molecule has 0 fully saturated rings. The summed E-state index contributed by atoms with van der Waals surface area (Å²) in [5.74, 6) is 0.484. The average Bonchev–Trinajstić information content (AvgIpc) is 2.85. The van der Waals surface area contributed by atoms with Crippen molar-refractivity contribution < 1.29 is 22.3 Å². The molecule has 37 heavy (non-hydrogen) atoms. The molecule has 0 spiro atoms. The van der Waals surface area contributed by atoms with E-state index in [2.05, 4.69) is 23.9 Å². The van der Waals surface area contributed by atoms with Gasteiger partial charge in [0.25, 0.3) is 5.91 Å². The van der Waals surface area contributed by atoms with Gasteiger partial charge < -0.3 is 10.1 Å². The Hall–Kier alpha value is -3.23. The number of aryl methyl sites for hydroxylation is 1. The highest BCUT2D eigenvalue weighted by molar-refractivity contribution is 7.88. The molecular formula is C29H35FN2O4S. The highest BCUT2D eigenvalue weighted by Gasteiger charge is 2.20. The largest absolute Gasteiger partial charge is 0.489 e. The SMILES string of the molecule is CC(C)CC(NC(=O)c1cc(COc2ccccc2)ccc1CCCNS(C)(=O)=O)c1ccc(F)cc1. The Morgan fingerprint density at radius 1 is 1.00 bits per heavy atom. The molecule has 0 aliphatic carbocycles. The smallest absolute Gasteiger partial charge is 0.252 e. The van der Waals surface area contributed by atoms with Gasteiger partial charge in [0, 0.05) is 12.1 Å². The van der Waals surface area contributed by atoms with Gasteiger partial charge in [0.1, 0.15) is 18.2 Å². The Morgan fingerprint density at radius 2 is 1.70 bits per heavy atom. The van der Waals surface area contributed by atoms with Gasteiger partial charge in [0.2, 0.25) is 10.0 Å². The summed E-state index contributed by atoms with van der Waals surface area (Å²) in [7, 11) is -3.28. The summed E-state index contributed by atoms with van der Waals surface area (Å²) >= 11 is 0. The van der Waals surface area contributed by atoms with Crippen LogP contribution < -0.4 is 14.8 Å². The quantitative estimate of drug-likeness (QED) is 0.292. The summed E-state index contributed by atoms with van der Waals surface area (Å²) in [6.45, 7) is 4.73. The fraction of sp³-hybridized carbons (Fsp3) is 0.345. The minimum Gasteiger partial charge on any atom is -0.489 e. The lowest BCUT2D eigenvalue weighted by Gasteiger charge is -2.22. The van der Waals surface area contributed by atoms with E-state index >= 15 is 0 Å². The van der Waals surface area contributed by atoms with Crippen LogP contribution in [0.5, 0.6) is 5.75 Å². The number of ether oxygens (including phenoxy) is 1.